The maximum atomic E-state index is 5.78. The molecule has 1 aromatic carbocycles. The van der Waals surface area contributed by atoms with E-state index in [2.05, 4.69) is 49.3 Å². The molecule has 0 saturated carbocycles. The minimum absolute atomic E-state index is 0.352. The first-order valence-electron chi connectivity index (χ1n) is 6.33. The van der Waals surface area contributed by atoms with Gasteiger partial charge in [-0.15, -0.1) is 0 Å². The number of nitrogens with zero attached hydrogens (tertiary/aromatic N) is 1. The second kappa shape index (κ2) is 7.24. The molecule has 0 aliphatic heterocycles. The standard InChI is InChI=1S/C14H16Br2N2O2/c1-3-17-7-10-5-12(15)14(13(16)6-10)19-8-11-4-9(2)18-20-11/h4-6,17H,3,7-8H2,1-2H3. The van der Waals surface area contributed by atoms with E-state index < -0.39 is 0 Å². The topological polar surface area (TPSA) is 47.3 Å². The van der Waals surface area contributed by atoms with Crippen LogP contribution in [0.25, 0.3) is 0 Å². The lowest BCUT2D eigenvalue weighted by molar-refractivity contribution is 0.246. The molecule has 4 nitrogen and oxygen atoms in total. The largest absolute Gasteiger partial charge is 0.483 e. The van der Waals surface area contributed by atoms with E-state index in [1.54, 1.807) is 0 Å². The maximum Gasteiger partial charge on any atom is 0.174 e. The summed E-state index contributed by atoms with van der Waals surface area (Å²) < 4.78 is 12.7. The molecule has 0 unspecified atom stereocenters. The van der Waals surface area contributed by atoms with Crippen LogP contribution in [0.4, 0.5) is 0 Å². The van der Waals surface area contributed by atoms with Crippen molar-refractivity contribution in [3.8, 4) is 5.75 Å². The van der Waals surface area contributed by atoms with E-state index in [-0.39, 0.29) is 0 Å². The zero-order valence-corrected chi connectivity index (χ0v) is 14.5. The van der Waals surface area contributed by atoms with Gasteiger partial charge in [0.25, 0.3) is 0 Å². The molecule has 0 atom stereocenters. The molecule has 2 aromatic rings. The van der Waals surface area contributed by atoms with Crippen molar-refractivity contribution in [1.82, 2.24) is 10.5 Å². The molecular weight excluding hydrogens is 388 g/mol. The second-order valence-electron chi connectivity index (χ2n) is 4.39. The maximum absolute atomic E-state index is 5.78. The highest BCUT2D eigenvalue weighted by Gasteiger charge is 2.10. The Hall–Kier alpha value is -0.850. The van der Waals surface area contributed by atoms with Gasteiger partial charge >= 0.3 is 0 Å². The van der Waals surface area contributed by atoms with Crippen LogP contribution in [-0.2, 0) is 13.2 Å². The predicted octanol–water partition coefficient (Wildman–Crippen LogP) is 4.20. The third-order valence-corrected chi connectivity index (χ3v) is 3.85. The predicted molar refractivity (Wildman–Crippen MR) is 84.8 cm³/mol. The summed E-state index contributed by atoms with van der Waals surface area (Å²) in [5.74, 6) is 1.47. The summed E-state index contributed by atoms with van der Waals surface area (Å²) in [4.78, 5) is 0. The van der Waals surface area contributed by atoms with Gasteiger partial charge in [0.2, 0.25) is 0 Å². The van der Waals surface area contributed by atoms with E-state index in [0.29, 0.717) is 12.4 Å². The third-order valence-electron chi connectivity index (χ3n) is 2.67. The Balaban J connectivity index is 2.07. The number of ether oxygens (including phenoxy) is 1. The van der Waals surface area contributed by atoms with Crippen LogP contribution in [0.15, 0.2) is 31.7 Å². The summed E-state index contributed by atoms with van der Waals surface area (Å²) in [6, 6.07) is 5.96. The normalized spacial score (nSPS) is 10.8. The molecule has 0 aliphatic rings. The number of aromatic nitrogens is 1. The van der Waals surface area contributed by atoms with Gasteiger partial charge in [-0.2, -0.15) is 0 Å². The molecule has 108 valence electrons. The molecule has 0 radical (unpaired) electrons. The molecule has 20 heavy (non-hydrogen) atoms. The van der Waals surface area contributed by atoms with Crippen molar-refractivity contribution in [2.45, 2.75) is 27.0 Å². The molecule has 0 fully saturated rings. The van der Waals surface area contributed by atoms with E-state index in [0.717, 1.165) is 33.5 Å². The van der Waals surface area contributed by atoms with Crippen molar-refractivity contribution in [2.24, 2.45) is 0 Å². The lowest BCUT2D eigenvalue weighted by Crippen LogP contribution is -2.11. The highest BCUT2D eigenvalue weighted by atomic mass is 79.9. The Morgan fingerprint density at radius 3 is 2.50 bits per heavy atom. The van der Waals surface area contributed by atoms with Crippen LogP contribution in [0.1, 0.15) is 23.9 Å². The lowest BCUT2D eigenvalue weighted by atomic mass is 10.2. The van der Waals surface area contributed by atoms with Crippen LogP contribution >= 0.6 is 31.9 Å². The number of aryl methyl sites for hydroxylation is 1. The van der Waals surface area contributed by atoms with Crippen LogP contribution < -0.4 is 10.1 Å². The smallest absolute Gasteiger partial charge is 0.174 e. The van der Waals surface area contributed by atoms with Crippen molar-refractivity contribution in [2.75, 3.05) is 6.54 Å². The van der Waals surface area contributed by atoms with Crippen molar-refractivity contribution in [1.29, 1.82) is 0 Å². The Kier molecular flexibility index (Phi) is 5.63. The van der Waals surface area contributed by atoms with E-state index in [9.17, 15) is 0 Å². The summed E-state index contributed by atoms with van der Waals surface area (Å²) >= 11 is 7.08. The number of benzene rings is 1. The molecule has 0 aliphatic carbocycles. The van der Waals surface area contributed by atoms with Gasteiger partial charge in [0, 0.05) is 12.6 Å². The number of nitrogens with one attached hydrogen (secondary N) is 1. The number of hydrogen-bond donors (Lipinski definition) is 1. The molecule has 1 N–H and O–H groups in total. The first-order chi connectivity index (χ1) is 9.60. The molecule has 0 spiro atoms. The Morgan fingerprint density at radius 1 is 1.25 bits per heavy atom. The summed E-state index contributed by atoms with van der Waals surface area (Å²) in [6.07, 6.45) is 0. The number of rotatable bonds is 6. The molecule has 0 saturated heterocycles. The van der Waals surface area contributed by atoms with Gasteiger partial charge in [-0.05, 0) is 63.0 Å². The second-order valence-corrected chi connectivity index (χ2v) is 6.10. The van der Waals surface area contributed by atoms with Crippen molar-refractivity contribution >= 4 is 31.9 Å². The van der Waals surface area contributed by atoms with Crippen molar-refractivity contribution < 1.29 is 9.26 Å². The number of halogens is 2. The minimum Gasteiger partial charge on any atom is -0.483 e. The monoisotopic (exact) mass is 402 g/mol. The molecule has 1 heterocycles. The van der Waals surface area contributed by atoms with E-state index in [1.165, 1.54) is 5.56 Å². The van der Waals surface area contributed by atoms with E-state index >= 15 is 0 Å². The zero-order valence-electron chi connectivity index (χ0n) is 11.4. The van der Waals surface area contributed by atoms with Gasteiger partial charge < -0.3 is 14.6 Å². The summed E-state index contributed by atoms with van der Waals surface area (Å²) in [6.45, 7) is 6.09. The average molecular weight is 404 g/mol. The van der Waals surface area contributed by atoms with Gasteiger partial charge in [0.05, 0.1) is 14.6 Å². The summed E-state index contributed by atoms with van der Waals surface area (Å²) in [7, 11) is 0. The number of hydrogen-bond acceptors (Lipinski definition) is 4. The Labute approximate surface area is 135 Å². The summed E-state index contributed by atoms with van der Waals surface area (Å²) in [5, 5.41) is 7.13. The Morgan fingerprint density at radius 2 is 1.95 bits per heavy atom. The van der Waals surface area contributed by atoms with Crippen LogP contribution in [0.2, 0.25) is 0 Å². The van der Waals surface area contributed by atoms with Crippen LogP contribution in [0.3, 0.4) is 0 Å². The third kappa shape index (κ3) is 4.07. The fourth-order valence-corrected chi connectivity index (χ4v) is 3.26. The molecular formula is C14H16Br2N2O2. The van der Waals surface area contributed by atoms with Crippen molar-refractivity contribution in [3.05, 3.63) is 44.2 Å². The average Bonchev–Trinajstić information content (AvgIpc) is 2.81. The minimum atomic E-state index is 0.352. The fraction of sp³-hybridized carbons (Fsp3) is 0.357. The molecule has 0 bridgehead atoms. The van der Waals surface area contributed by atoms with Crippen LogP contribution in [0, 0.1) is 6.92 Å². The quantitative estimate of drug-likeness (QED) is 0.785. The molecule has 2 rings (SSSR count). The molecule has 6 heteroatoms. The van der Waals surface area contributed by atoms with Gasteiger partial charge in [-0.3, -0.25) is 0 Å². The molecule has 0 amide bonds. The van der Waals surface area contributed by atoms with Gasteiger partial charge in [0.15, 0.2) is 5.76 Å². The van der Waals surface area contributed by atoms with Gasteiger partial charge in [0.1, 0.15) is 12.4 Å². The van der Waals surface area contributed by atoms with E-state index in [1.807, 2.05) is 25.1 Å². The van der Waals surface area contributed by atoms with Gasteiger partial charge in [-0.25, -0.2) is 0 Å². The fourth-order valence-electron chi connectivity index (χ4n) is 1.75. The van der Waals surface area contributed by atoms with Gasteiger partial charge in [-0.1, -0.05) is 12.1 Å². The highest BCUT2D eigenvalue weighted by Crippen LogP contribution is 2.35. The molecule has 1 aromatic heterocycles. The summed E-state index contributed by atoms with van der Waals surface area (Å²) in [5.41, 5.74) is 2.04. The van der Waals surface area contributed by atoms with Crippen LogP contribution in [-0.4, -0.2) is 11.7 Å². The van der Waals surface area contributed by atoms with E-state index in [4.69, 9.17) is 9.26 Å². The first-order valence-corrected chi connectivity index (χ1v) is 7.92. The highest BCUT2D eigenvalue weighted by molar-refractivity contribution is 9.11. The van der Waals surface area contributed by atoms with Crippen LogP contribution in [0.5, 0.6) is 5.75 Å². The van der Waals surface area contributed by atoms with Crippen molar-refractivity contribution in [3.63, 3.8) is 0 Å². The first kappa shape index (κ1) is 15.5. The Bertz CT molecular complexity index is 561. The zero-order chi connectivity index (χ0) is 14.5. The lowest BCUT2D eigenvalue weighted by Gasteiger charge is -2.11. The SMILES string of the molecule is CCNCc1cc(Br)c(OCc2cc(C)no2)c(Br)c1.